The highest BCUT2D eigenvalue weighted by molar-refractivity contribution is 8.14. The second-order valence-corrected chi connectivity index (χ2v) is 3.82. The molecule has 1 saturated heterocycles. The zero-order valence-corrected chi connectivity index (χ0v) is 7.47. The lowest BCUT2D eigenvalue weighted by Crippen LogP contribution is -2.46. The number of furan rings is 1. The first-order valence-corrected chi connectivity index (χ1v) is 4.67. The molecule has 1 aromatic rings. The first-order valence-electron chi connectivity index (χ1n) is 3.79. The van der Waals surface area contributed by atoms with Gasteiger partial charge in [-0.15, -0.1) is 0 Å². The van der Waals surface area contributed by atoms with Gasteiger partial charge in [-0.1, -0.05) is 11.8 Å². The Labute approximate surface area is 78.7 Å². The number of hydrogen-bond acceptors (Lipinski definition) is 4. The minimum atomic E-state index is -0.144. The van der Waals surface area contributed by atoms with Crippen molar-refractivity contribution in [3.05, 3.63) is 24.2 Å². The summed E-state index contributed by atoms with van der Waals surface area (Å²) in [7, 11) is 0. The third-order valence-corrected chi connectivity index (χ3v) is 2.65. The number of amides is 1. The van der Waals surface area contributed by atoms with E-state index in [1.165, 1.54) is 6.26 Å². The van der Waals surface area contributed by atoms with Crippen molar-refractivity contribution in [2.45, 2.75) is 11.8 Å². The van der Waals surface area contributed by atoms with Gasteiger partial charge in [0.1, 0.15) is 0 Å². The molecule has 0 radical (unpaired) electrons. The fraction of sp³-hybridized carbons (Fsp3) is 0.250. The van der Waals surface area contributed by atoms with Crippen LogP contribution in [0, 0.1) is 0 Å². The summed E-state index contributed by atoms with van der Waals surface area (Å²) in [6, 6.07) is 3.27. The molecular weight excluding hydrogens is 190 g/mol. The Kier molecular flexibility index (Phi) is 2.10. The quantitative estimate of drug-likeness (QED) is 0.718. The Hall–Kier alpha value is -1.23. The van der Waals surface area contributed by atoms with E-state index in [-0.39, 0.29) is 16.4 Å². The maximum Gasteiger partial charge on any atom is 0.256 e. The molecule has 1 aromatic heterocycles. The molecule has 0 bridgehead atoms. The molecule has 4 nitrogen and oxygen atoms in total. The summed E-state index contributed by atoms with van der Waals surface area (Å²) in [5.74, 6) is 0.316. The van der Waals surface area contributed by atoms with Gasteiger partial charge in [-0.25, -0.2) is 0 Å². The molecule has 5 heteroatoms. The molecule has 1 amide bonds. The maximum absolute atomic E-state index is 11.3. The van der Waals surface area contributed by atoms with Crippen molar-refractivity contribution in [1.29, 1.82) is 0 Å². The molecule has 2 rings (SSSR count). The second kappa shape index (κ2) is 3.26. The summed E-state index contributed by atoms with van der Waals surface area (Å²) >= 11 is 1.08. The van der Waals surface area contributed by atoms with Crippen LogP contribution in [-0.4, -0.2) is 16.4 Å². The minimum absolute atomic E-state index is 0.00950. The van der Waals surface area contributed by atoms with Crippen LogP contribution in [0.1, 0.15) is 17.0 Å². The first-order chi connectivity index (χ1) is 6.25. The average Bonchev–Trinajstić information content (AvgIpc) is 2.53. The van der Waals surface area contributed by atoms with Gasteiger partial charge in [0.05, 0.1) is 18.1 Å². The number of thioether (sulfide) groups is 1. The third-order valence-electron chi connectivity index (χ3n) is 1.66. The van der Waals surface area contributed by atoms with Crippen LogP contribution in [0.15, 0.2) is 22.8 Å². The highest BCUT2D eigenvalue weighted by Crippen LogP contribution is 2.23. The molecule has 0 aromatic carbocycles. The number of carbonyl (C=O) groups is 2. The summed E-state index contributed by atoms with van der Waals surface area (Å²) in [4.78, 5) is 21.9. The molecule has 1 aliphatic rings. The average molecular weight is 197 g/mol. The van der Waals surface area contributed by atoms with Gasteiger partial charge in [-0.2, -0.15) is 0 Å². The van der Waals surface area contributed by atoms with E-state index in [2.05, 4.69) is 5.32 Å². The predicted octanol–water partition coefficient (Wildman–Crippen LogP) is 0.999. The summed E-state index contributed by atoms with van der Waals surface area (Å²) < 4.78 is 4.91. The maximum atomic E-state index is 11.3. The lowest BCUT2D eigenvalue weighted by atomic mass is 10.3. The van der Waals surface area contributed by atoms with E-state index < -0.39 is 0 Å². The van der Waals surface area contributed by atoms with Gasteiger partial charge in [0.2, 0.25) is 5.91 Å². The Morgan fingerprint density at radius 2 is 2.46 bits per heavy atom. The van der Waals surface area contributed by atoms with Crippen LogP contribution >= 0.6 is 11.8 Å². The summed E-state index contributed by atoms with van der Waals surface area (Å²) in [6.45, 7) is 0. The van der Waals surface area contributed by atoms with Crippen LogP contribution in [0.5, 0.6) is 0 Å². The van der Waals surface area contributed by atoms with Crippen molar-refractivity contribution < 1.29 is 14.0 Å². The van der Waals surface area contributed by atoms with Gasteiger partial charge in [0, 0.05) is 0 Å². The van der Waals surface area contributed by atoms with Crippen LogP contribution in [0.2, 0.25) is 0 Å². The van der Waals surface area contributed by atoms with Crippen molar-refractivity contribution in [3.63, 3.8) is 0 Å². The zero-order valence-electron chi connectivity index (χ0n) is 6.65. The fourth-order valence-electron chi connectivity index (χ4n) is 0.980. The molecule has 68 valence electrons. The SMILES string of the molecule is O=C1CC(SC(=O)c2ccco2)N1. The van der Waals surface area contributed by atoms with Crippen molar-refractivity contribution in [2.24, 2.45) is 0 Å². The van der Waals surface area contributed by atoms with E-state index in [0.29, 0.717) is 12.2 Å². The lowest BCUT2D eigenvalue weighted by Gasteiger charge is -2.24. The summed E-state index contributed by atoms with van der Waals surface area (Å²) in [5.41, 5.74) is 0. The van der Waals surface area contributed by atoms with E-state index in [0.717, 1.165) is 11.8 Å². The molecule has 1 fully saturated rings. The molecule has 1 N–H and O–H groups in total. The highest BCUT2D eigenvalue weighted by atomic mass is 32.2. The van der Waals surface area contributed by atoms with Crippen LogP contribution in [0.4, 0.5) is 0 Å². The van der Waals surface area contributed by atoms with Crippen molar-refractivity contribution >= 4 is 22.8 Å². The van der Waals surface area contributed by atoms with Crippen molar-refractivity contribution in [1.82, 2.24) is 5.32 Å². The number of rotatable bonds is 2. The number of carbonyl (C=O) groups excluding carboxylic acids is 2. The molecule has 13 heavy (non-hydrogen) atoms. The normalized spacial score (nSPS) is 20.6. The molecule has 1 unspecified atom stereocenters. The molecule has 2 heterocycles. The molecule has 1 aliphatic heterocycles. The third kappa shape index (κ3) is 1.75. The van der Waals surface area contributed by atoms with E-state index in [1.807, 2.05) is 0 Å². The largest absolute Gasteiger partial charge is 0.460 e. The van der Waals surface area contributed by atoms with Crippen LogP contribution in [0.25, 0.3) is 0 Å². The molecular formula is C8H7NO3S. The molecule has 1 atom stereocenters. The van der Waals surface area contributed by atoms with Crippen LogP contribution < -0.4 is 5.32 Å². The van der Waals surface area contributed by atoms with Gasteiger partial charge in [-0.3, -0.25) is 9.59 Å². The lowest BCUT2D eigenvalue weighted by molar-refractivity contribution is -0.126. The molecule has 0 aliphatic carbocycles. The molecule has 0 spiro atoms. The Morgan fingerprint density at radius 1 is 1.69 bits per heavy atom. The van der Waals surface area contributed by atoms with E-state index in [4.69, 9.17) is 4.42 Å². The smallest absolute Gasteiger partial charge is 0.256 e. The predicted molar refractivity (Wildman–Crippen MR) is 47.2 cm³/mol. The van der Waals surface area contributed by atoms with E-state index >= 15 is 0 Å². The standard InChI is InChI=1S/C8H7NO3S/c10-6-4-7(9-6)13-8(11)5-2-1-3-12-5/h1-3,7H,4H2,(H,9,10). The van der Waals surface area contributed by atoms with Crippen molar-refractivity contribution in [2.75, 3.05) is 0 Å². The highest BCUT2D eigenvalue weighted by Gasteiger charge is 2.29. The fourth-order valence-corrected chi connectivity index (χ4v) is 1.90. The van der Waals surface area contributed by atoms with Gasteiger partial charge in [0.15, 0.2) is 5.76 Å². The number of nitrogens with one attached hydrogen (secondary N) is 1. The van der Waals surface area contributed by atoms with Gasteiger partial charge in [-0.05, 0) is 12.1 Å². The molecule has 0 saturated carbocycles. The Balaban J connectivity index is 1.89. The van der Waals surface area contributed by atoms with E-state index in [1.54, 1.807) is 12.1 Å². The van der Waals surface area contributed by atoms with Gasteiger partial charge in [0.25, 0.3) is 5.12 Å². The monoisotopic (exact) mass is 197 g/mol. The van der Waals surface area contributed by atoms with Crippen LogP contribution in [0.3, 0.4) is 0 Å². The van der Waals surface area contributed by atoms with Crippen LogP contribution in [-0.2, 0) is 4.79 Å². The first kappa shape index (κ1) is 8.37. The minimum Gasteiger partial charge on any atom is -0.460 e. The second-order valence-electron chi connectivity index (χ2n) is 2.64. The van der Waals surface area contributed by atoms with E-state index in [9.17, 15) is 9.59 Å². The zero-order chi connectivity index (χ0) is 9.26. The number of hydrogen-bond donors (Lipinski definition) is 1. The number of β-lactam (4-membered cyclic amide) rings is 1. The van der Waals surface area contributed by atoms with Gasteiger partial charge < -0.3 is 9.73 Å². The Morgan fingerprint density at radius 3 is 3.00 bits per heavy atom. The van der Waals surface area contributed by atoms with Gasteiger partial charge >= 0.3 is 0 Å². The summed E-state index contributed by atoms with van der Waals surface area (Å²) in [6.07, 6.45) is 1.87. The topological polar surface area (TPSA) is 59.3 Å². The summed E-state index contributed by atoms with van der Waals surface area (Å²) in [5, 5.41) is 2.37. The Bertz CT molecular complexity index is 325. The van der Waals surface area contributed by atoms with Crippen molar-refractivity contribution in [3.8, 4) is 0 Å².